The monoisotopic (exact) mass is 371 g/mol. The van der Waals surface area contributed by atoms with Gasteiger partial charge in [0.15, 0.2) is 12.4 Å². The number of H-pyrrole nitrogens is 1. The van der Waals surface area contributed by atoms with Crippen molar-refractivity contribution < 1.29 is 22.3 Å². The van der Waals surface area contributed by atoms with Gasteiger partial charge in [0, 0.05) is 11.8 Å². The van der Waals surface area contributed by atoms with Gasteiger partial charge in [-0.3, -0.25) is 5.10 Å². The van der Waals surface area contributed by atoms with Crippen LogP contribution in [0.4, 0.5) is 23.5 Å². The molecule has 0 radical (unpaired) electrons. The van der Waals surface area contributed by atoms with Gasteiger partial charge in [-0.25, -0.2) is 9.37 Å². The second-order valence-corrected chi connectivity index (χ2v) is 5.86. The van der Waals surface area contributed by atoms with Crippen LogP contribution in [0.2, 0.25) is 0 Å². The predicted molar refractivity (Wildman–Crippen MR) is 81.5 cm³/mol. The highest BCUT2D eigenvalue weighted by atomic mass is 19.4. The molecule has 1 aliphatic rings. The maximum atomic E-state index is 13.4. The van der Waals surface area contributed by atoms with E-state index in [-0.39, 0.29) is 23.0 Å². The standard InChI is InChI=1S/C14H13F4N7O/c15-8-1-2-9(8)22-13-23-12-11(26-5-14(16,17)18)10(7-3-20-21-4-7)19-6-25(12)24-13/h3-4,6,8-9H,1-2,5H2,(H,20,21)(H,22,24). The molecule has 8 nitrogen and oxygen atoms in total. The first kappa shape index (κ1) is 16.5. The van der Waals surface area contributed by atoms with E-state index in [0.29, 0.717) is 18.4 Å². The molecule has 12 heteroatoms. The lowest BCUT2D eigenvalue weighted by Crippen LogP contribution is -2.40. The van der Waals surface area contributed by atoms with Crippen LogP contribution in [0.15, 0.2) is 18.7 Å². The molecule has 2 unspecified atom stereocenters. The molecular formula is C14H13F4N7O. The van der Waals surface area contributed by atoms with Gasteiger partial charge >= 0.3 is 6.18 Å². The minimum absolute atomic E-state index is 0.0395. The minimum Gasteiger partial charge on any atom is -0.478 e. The Bertz CT molecular complexity index is 908. The third kappa shape index (κ3) is 3.13. The van der Waals surface area contributed by atoms with Crippen LogP contribution >= 0.6 is 0 Å². The molecule has 0 spiro atoms. The number of hydrogen-bond donors (Lipinski definition) is 2. The Hall–Kier alpha value is -2.92. The zero-order valence-electron chi connectivity index (χ0n) is 13.2. The second-order valence-electron chi connectivity index (χ2n) is 5.86. The molecule has 138 valence electrons. The van der Waals surface area contributed by atoms with Crippen molar-refractivity contribution in [1.29, 1.82) is 0 Å². The van der Waals surface area contributed by atoms with E-state index in [1.54, 1.807) is 0 Å². The molecule has 0 amide bonds. The number of fused-ring (bicyclic) bond motifs is 1. The van der Waals surface area contributed by atoms with Crippen LogP contribution in [0.25, 0.3) is 16.9 Å². The van der Waals surface area contributed by atoms with Crippen molar-refractivity contribution in [1.82, 2.24) is 29.8 Å². The van der Waals surface area contributed by atoms with Gasteiger partial charge in [0.1, 0.15) is 18.2 Å². The number of rotatable bonds is 5. The van der Waals surface area contributed by atoms with E-state index in [9.17, 15) is 17.6 Å². The minimum atomic E-state index is -4.53. The van der Waals surface area contributed by atoms with E-state index in [1.807, 2.05) is 0 Å². The smallest absolute Gasteiger partial charge is 0.422 e. The number of aromatic amines is 1. The number of nitrogens with one attached hydrogen (secondary N) is 2. The lowest BCUT2D eigenvalue weighted by Gasteiger charge is -2.30. The molecule has 0 aromatic carbocycles. The molecule has 1 saturated carbocycles. The molecular weight excluding hydrogens is 358 g/mol. The highest BCUT2D eigenvalue weighted by molar-refractivity contribution is 5.73. The van der Waals surface area contributed by atoms with Gasteiger partial charge in [0.2, 0.25) is 11.6 Å². The fraction of sp³-hybridized carbons (Fsp3) is 0.429. The van der Waals surface area contributed by atoms with Gasteiger partial charge < -0.3 is 10.1 Å². The summed E-state index contributed by atoms with van der Waals surface area (Å²) >= 11 is 0. The summed E-state index contributed by atoms with van der Waals surface area (Å²) in [6, 6.07) is -0.409. The molecule has 4 rings (SSSR count). The SMILES string of the molecule is FC1CCC1Nc1nc2c(OCC(F)(F)F)c(-c3cn[nH]c3)ncn2n1. The molecule has 2 N–H and O–H groups in total. The number of ether oxygens (including phenoxy) is 1. The Morgan fingerprint density at radius 3 is 2.81 bits per heavy atom. The maximum absolute atomic E-state index is 13.4. The first-order chi connectivity index (χ1) is 12.4. The molecule has 3 aromatic rings. The first-order valence-corrected chi connectivity index (χ1v) is 7.75. The van der Waals surface area contributed by atoms with Crippen LogP contribution in [0.3, 0.4) is 0 Å². The van der Waals surface area contributed by atoms with Gasteiger partial charge in [-0.15, -0.1) is 5.10 Å². The van der Waals surface area contributed by atoms with E-state index in [2.05, 4.69) is 30.6 Å². The topological polar surface area (TPSA) is 93.0 Å². The number of hydrogen-bond acceptors (Lipinski definition) is 6. The van der Waals surface area contributed by atoms with Crippen molar-refractivity contribution >= 4 is 11.6 Å². The average Bonchev–Trinajstić information content (AvgIpc) is 3.24. The Morgan fingerprint density at radius 1 is 1.35 bits per heavy atom. The van der Waals surface area contributed by atoms with Crippen LogP contribution in [0, 0.1) is 0 Å². The van der Waals surface area contributed by atoms with E-state index >= 15 is 0 Å². The third-order valence-corrected chi connectivity index (χ3v) is 4.00. The van der Waals surface area contributed by atoms with Crippen LogP contribution in [-0.2, 0) is 0 Å². The largest absolute Gasteiger partial charge is 0.478 e. The zero-order chi connectivity index (χ0) is 18.3. The lowest BCUT2D eigenvalue weighted by atomic mass is 9.91. The number of halogens is 4. The van der Waals surface area contributed by atoms with Gasteiger partial charge in [-0.05, 0) is 12.8 Å². The average molecular weight is 371 g/mol. The second kappa shape index (κ2) is 6.11. The summed E-state index contributed by atoms with van der Waals surface area (Å²) in [5.74, 6) is -0.0856. The summed E-state index contributed by atoms with van der Waals surface area (Å²) in [5, 5.41) is 13.2. The van der Waals surface area contributed by atoms with Crippen molar-refractivity contribution in [3.63, 3.8) is 0 Å². The molecule has 0 saturated heterocycles. The van der Waals surface area contributed by atoms with Crippen LogP contribution in [0.5, 0.6) is 5.75 Å². The summed E-state index contributed by atoms with van der Waals surface area (Å²) in [6.07, 6.45) is -0.279. The van der Waals surface area contributed by atoms with Crippen molar-refractivity contribution in [2.75, 3.05) is 11.9 Å². The van der Waals surface area contributed by atoms with E-state index in [0.717, 1.165) is 0 Å². The molecule has 3 heterocycles. The summed E-state index contributed by atoms with van der Waals surface area (Å²) in [4.78, 5) is 8.25. The number of alkyl halides is 4. The van der Waals surface area contributed by atoms with Crippen LogP contribution in [0.1, 0.15) is 12.8 Å². The van der Waals surface area contributed by atoms with Gasteiger partial charge in [0.05, 0.1) is 12.2 Å². The fourth-order valence-electron chi connectivity index (χ4n) is 2.56. The molecule has 0 aliphatic heterocycles. The number of anilines is 1. The normalized spacial score (nSPS) is 20.2. The van der Waals surface area contributed by atoms with E-state index in [4.69, 9.17) is 4.74 Å². The molecule has 3 aromatic heterocycles. The zero-order valence-corrected chi connectivity index (χ0v) is 13.2. The Kier molecular flexibility index (Phi) is 3.89. The predicted octanol–water partition coefficient (Wildman–Crippen LogP) is 2.37. The summed E-state index contributed by atoms with van der Waals surface area (Å²) in [7, 11) is 0. The van der Waals surface area contributed by atoms with Crippen molar-refractivity contribution in [3.8, 4) is 17.0 Å². The molecule has 1 fully saturated rings. The van der Waals surface area contributed by atoms with Gasteiger partial charge in [0.25, 0.3) is 0 Å². The quantitative estimate of drug-likeness (QED) is 0.669. The van der Waals surface area contributed by atoms with Crippen molar-refractivity contribution in [2.24, 2.45) is 0 Å². The summed E-state index contributed by atoms with van der Waals surface area (Å²) in [6.45, 7) is -1.51. The van der Waals surface area contributed by atoms with E-state index < -0.39 is 25.0 Å². The third-order valence-electron chi connectivity index (χ3n) is 4.00. The van der Waals surface area contributed by atoms with Crippen LogP contribution in [-0.4, -0.2) is 54.8 Å². The number of nitrogens with zero attached hydrogens (tertiary/aromatic N) is 5. The molecule has 2 atom stereocenters. The summed E-state index contributed by atoms with van der Waals surface area (Å²) < 4.78 is 57.4. The highest BCUT2D eigenvalue weighted by Gasteiger charge is 2.32. The maximum Gasteiger partial charge on any atom is 0.422 e. The molecule has 0 bridgehead atoms. The van der Waals surface area contributed by atoms with Gasteiger partial charge in [-0.1, -0.05) is 0 Å². The van der Waals surface area contributed by atoms with Gasteiger partial charge in [-0.2, -0.15) is 27.8 Å². The van der Waals surface area contributed by atoms with Crippen molar-refractivity contribution in [2.45, 2.75) is 31.2 Å². The first-order valence-electron chi connectivity index (χ1n) is 7.75. The Labute approximate surface area is 143 Å². The highest BCUT2D eigenvalue weighted by Crippen LogP contribution is 2.33. The Morgan fingerprint density at radius 2 is 2.19 bits per heavy atom. The molecule has 1 aliphatic carbocycles. The van der Waals surface area contributed by atoms with Crippen molar-refractivity contribution in [3.05, 3.63) is 18.7 Å². The van der Waals surface area contributed by atoms with Crippen LogP contribution < -0.4 is 10.1 Å². The van der Waals surface area contributed by atoms with E-state index in [1.165, 1.54) is 23.2 Å². The lowest BCUT2D eigenvalue weighted by molar-refractivity contribution is -0.153. The Balaban J connectivity index is 1.73. The summed E-state index contributed by atoms with van der Waals surface area (Å²) in [5.41, 5.74) is 0.615. The fourth-order valence-corrected chi connectivity index (χ4v) is 2.56. The molecule has 26 heavy (non-hydrogen) atoms. The number of aromatic nitrogens is 6.